The number of hydrogen-bond acceptors (Lipinski definition) is 6. The van der Waals surface area contributed by atoms with Crippen LogP contribution in [0.3, 0.4) is 0 Å². The number of aromatic nitrogens is 4. The highest BCUT2D eigenvalue weighted by Crippen LogP contribution is 2.32. The molecule has 29 heavy (non-hydrogen) atoms. The van der Waals surface area contributed by atoms with Crippen LogP contribution in [0.2, 0.25) is 5.02 Å². The minimum Gasteiger partial charge on any atom is -0.367 e. The highest BCUT2D eigenvalue weighted by molar-refractivity contribution is 7.92. The van der Waals surface area contributed by atoms with Crippen molar-refractivity contribution in [3.8, 4) is 11.3 Å². The normalized spacial score (nSPS) is 19.4. The lowest BCUT2D eigenvalue weighted by atomic mass is 10.1. The van der Waals surface area contributed by atoms with Gasteiger partial charge in [0.1, 0.15) is 5.82 Å². The zero-order valence-electron chi connectivity index (χ0n) is 15.6. The van der Waals surface area contributed by atoms with Crippen LogP contribution in [0.5, 0.6) is 0 Å². The first-order valence-electron chi connectivity index (χ1n) is 9.58. The molecule has 0 spiro atoms. The number of nitrogens with one attached hydrogen (secondary N) is 2. The molecule has 1 fully saturated rings. The SMILES string of the molecule is NSOCC1CCC(Nc2ccnc3cc(-c4c[nH]c5cc(Cl)ccc45)nn23)C1. The number of hydrogen-bond donors (Lipinski definition) is 3. The van der Waals surface area contributed by atoms with Gasteiger partial charge in [0, 0.05) is 46.0 Å². The first-order chi connectivity index (χ1) is 14.2. The Bertz CT molecular complexity index is 1160. The Balaban J connectivity index is 1.43. The van der Waals surface area contributed by atoms with E-state index in [0.29, 0.717) is 23.6 Å². The lowest BCUT2D eigenvalue weighted by Crippen LogP contribution is -2.18. The van der Waals surface area contributed by atoms with Crippen molar-refractivity contribution in [3.05, 3.63) is 47.7 Å². The van der Waals surface area contributed by atoms with Crippen LogP contribution in [-0.4, -0.2) is 32.2 Å². The largest absolute Gasteiger partial charge is 0.367 e. The van der Waals surface area contributed by atoms with E-state index in [1.54, 1.807) is 0 Å². The molecule has 0 radical (unpaired) electrons. The highest BCUT2D eigenvalue weighted by Gasteiger charge is 2.25. The van der Waals surface area contributed by atoms with Crippen molar-refractivity contribution >= 4 is 46.2 Å². The van der Waals surface area contributed by atoms with E-state index in [1.807, 2.05) is 47.2 Å². The number of aromatic amines is 1. The van der Waals surface area contributed by atoms with Gasteiger partial charge in [-0.2, -0.15) is 9.61 Å². The van der Waals surface area contributed by atoms with Crippen molar-refractivity contribution in [2.45, 2.75) is 25.3 Å². The van der Waals surface area contributed by atoms with Crippen LogP contribution in [-0.2, 0) is 4.18 Å². The average molecular weight is 429 g/mol. The van der Waals surface area contributed by atoms with Gasteiger partial charge in [-0.05, 0) is 43.4 Å². The Kier molecular flexibility index (Phi) is 5.09. The summed E-state index contributed by atoms with van der Waals surface area (Å²) in [5.41, 5.74) is 3.71. The molecule has 3 heterocycles. The number of rotatable bonds is 6. The molecule has 1 aliphatic rings. The molecule has 2 atom stereocenters. The summed E-state index contributed by atoms with van der Waals surface area (Å²) in [7, 11) is 0. The number of H-pyrrole nitrogens is 1. The van der Waals surface area contributed by atoms with Crippen molar-refractivity contribution in [1.82, 2.24) is 19.6 Å². The minimum absolute atomic E-state index is 0.389. The molecule has 0 bridgehead atoms. The summed E-state index contributed by atoms with van der Waals surface area (Å²) in [6, 6.07) is 10.2. The summed E-state index contributed by atoms with van der Waals surface area (Å²) in [6.45, 7) is 0.696. The molecule has 7 nitrogen and oxygen atoms in total. The van der Waals surface area contributed by atoms with Crippen LogP contribution < -0.4 is 10.5 Å². The van der Waals surface area contributed by atoms with Crippen molar-refractivity contribution < 1.29 is 4.18 Å². The predicted octanol–water partition coefficient (Wildman–Crippen LogP) is 4.65. The fourth-order valence-electron chi connectivity index (χ4n) is 4.15. The number of nitrogens with zero attached hydrogens (tertiary/aromatic N) is 3. The van der Waals surface area contributed by atoms with E-state index in [4.69, 9.17) is 26.0 Å². The molecule has 0 saturated heterocycles. The molecule has 4 aromatic rings. The second-order valence-electron chi connectivity index (χ2n) is 7.42. The first-order valence-corrected chi connectivity index (χ1v) is 10.8. The summed E-state index contributed by atoms with van der Waals surface area (Å²) < 4.78 is 7.18. The Hall–Kier alpha value is -2.26. The summed E-state index contributed by atoms with van der Waals surface area (Å²) in [6.07, 6.45) is 7.08. The van der Waals surface area contributed by atoms with Gasteiger partial charge in [-0.15, -0.1) is 0 Å². The maximum Gasteiger partial charge on any atom is 0.157 e. The molecule has 0 aliphatic heterocycles. The monoisotopic (exact) mass is 428 g/mol. The maximum atomic E-state index is 6.10. The van der Waals surface area contributed by atoms with E-state index in [1.165, 1.54) is 0 Å². The summed E-state index contributed by atoms with van der Waals surface area (Å²) in [5, 5.41) is 15.6. The van der Waals surface area contributed by atoms with Crippen LogP contribution in [0.25, 0.3) is 27.8 Å². The summed E-state index contributed by atoms with van der Waals surface area (Å²) >= 11 is 7.05. The van der Waals surface area contributed by atoms with Gasteiger partial charge in [0.2, 0.25) is 0 Å². The Morgan fingerprint density at radius 2 is 2.24 bits per heavy atom. The third-order valence-corrected chi connectivity index (χ3v) is 6.05. The fourth-order valence-corrected chi connectivity index (χ4v) is 4.59. The van der Waals surface area contributed by atoms with Crippen LogP contribution in [0.1, 0.15) is 19.3 Å². The van der Waals surface area contributed by atoms with Gasteiger partial charge in [-0.3, -0.25) is 5.14 Å². The van der Waals surface area contributed by atoms with Crippen molar-refractivity contribution in [3.63, 3.8) is 0 Å². The summed E-state index contributed by atoms with van der Waals surface area (Å²) in [5.74, 6) is 1.48. The van der Waals surface area contributed by atoms with Gasteiger partial charge in [-0.1, -0.05) is 17.7 Å². The van der Waals surface area contributed by atoms with Crippen molar-refractivity contribution in [2.75, 3.05) is 11.9 Å². The third kappa shape index (κ3) is 3.69. The van der Waals surface area contributed by atoms with Gasteiger partial charge in [0.25, 0.3) is 0 Å². The topological polar surface area (TPSA) is 93.3 Å². The van der Waals surface area contributed by atoms with E-state index in [2.05, 4.69) is 15.3 Å². The maximum absolute atomic E-state index is 6.10. The van der Waals surface area contributed by atoms with E-state index < -0.39 is 0 Å². The Morgan fingerprint density at radius 1 is 1.31 bits per heavy atom. The zero-order chi connectivity index (χ0) is 19.8. The molecule has 0 amide bonds. The van der Waals surface area contributed by atoms with Crippen LogP contribution >= 0.6 is 23.8 Å². The number of nitrogens with two attached hydrogens (primary N) is 1. The fraction of sp³-hybridized carbons (Fsp3) is 0.300. The highest BCUT2D eigenvalue weighted by atomic mass is 35.5. The average Bonchev–Trinajstić information content (AvgIpc) is 3.44. The Morgan fingerprint density at radius 3 is 3.14 bits per heavy atom. The van der Waals surface area contributed by atoms with Gasteiger partial charge >= 0.3 is 0 Å². The number of fused-ring (bicyclic) bond motifs is 2. The minimum atomic E-state index is 0.389. The van der Waals surface area contributed by atoms with Gasteiger partial charge in [-0.25, -0.2) is 4.98 Å². The Labute approximate surface area is 177 Å². The zero-order valence-corrected chi connectivity index (χ0v) is 17.2. The molecular formula is C20H21ClN6OS. The van der Waals surface area contributed by atoms with Crippen molar-refractivity contribution in [1.29, 1.82) is 0 Å². The second kappa shape index (κ2) is 7.87. The van der Waals surface area contributed by atoms with Gasteiger partial charge in [0.15, 0.2) is 5.65 Å². The molecule has 1 aromatic carbocycles. The summed E-state index contributed by atoms with van der Waals surface area (Å²) in [4.78, 5) is 7.76. The molecule has 3 aromatic heterocycles. The molecule has 9 heteroatoms. The smallest absolute Gasteiger partial charge is 0.157 e. The molecule has 4 N–H and O–H groups in total. The van der Waals surface area contributed by atoms with E-state index in [-0.39, 0.29) is 0 Å². The molecule has 1 aliphatic carbocycles. The molecule has 1 saturated carbocycles. The number of anilines is 1. The van der Waals surface area contributed by atoms with Crippen molar-refractivity contribution in [2.24, 2.45) is 11.1 Å². The quantitative estimate of drug-likeness (QED) is 0.305. The molecule has 5 rings (SSSR count). The molecular weight excluding hydrogens is 408 g/mol. The lowest BCUT2D eigenvalue weighted by molar-refractivity contribution is 0.290. The number of halogens is 1. The molecule has 2 unspecified atom stereocenters. The van der Waals surface area contributed by atoms with Crippen LogP contribution in [0, 0.1) is 5.92 Å². The predicted molar refractivity (Wildman–Crippen MR) is 118 cm³/mol. The standard InChI is InChI=1S/C20H21ClN6OS/c21-13-2-4-15-16(10-24-17(15)8-13)18-9-20-23-6-5-19(27(20)26-18)25-14-3-1-12(7-14)11-28-29-22/h2,4-6,8-10,12,14,24-25H,1,3,7,11,22H2. The van der Waals surface area contributed by atoms with Gasteiger partial charge < -0.3 is 14.5 Å². The third-order valence-electron chi connectivity index (χ3n) is 5.54. The van der Waals surface area contributed by atoms with Crippen LogP contribution in [0.4, 0.5) is 5.82 Å². The van der Waals surface area contributed by atoms with Crippen LogP contribution in [0.15, 0.2) is 42.7 Å². The molecule has 150 valence electrons. The van der Waals surface area contributed by atoms with E-state index in [0.717, 1.165) is 65.1 Å². The first kappa shape index (κ1) is 18.7. The van der Waals surface area contributed by atoms with E-state index in [9.17, 15) is 0 Å². The van der Waals surface area contributed by atoms with Gasteiger partial charge in [0.05, 0.1) is 24.5 Å². The number of benzene rings is 1. The lowest BCUT2D eigenvalue weighted by Gasteiger charge is -2.15. The van der Waals surface area contributed by atoms with E-state index >= 15 is 0 Å². The second-order valence-corrected chi connectivity index (χ2v) is 8.29.